The van der Waals surface area contributed by atoms with Crippen molar-refractivity contribution in [3.05, 3.63) is 72.4 Å². The van der Waals surface area contributed by atoms with Gasteiger partial charge in [0, 0.05) is 59.3 Å². The Morgan fingerprint density at radius 3 is 2.63 bits per heavy atom. The van der Waals surface area contributed by atoms with E-state index in [1.54, 1.807) is 17.5 Å². The Balaban J connectivity index is 1.37. The van der Waals surface area contributed by atoms with Crippen molar-refractivity contribution in [3.8, 4) is 11.3 Å². The smallest absolute Gasteiger partial charge is 0.160 e. The van der Waals surface area contributed by atoms with Crippen molar-refractivity contribution in [2.24, 2.45) is 0 Å². The molecule has 4 N–H and O–H groups in total. The first kappa shape index (κ1) is 22.9. The zero-order chi connectivity index (χ0) is 25.8. The van der Waals surface area contributed by atoms with Gasteiger partial charge in [-0.2, -0.15) is 5.10 Å². The van der Waals surface area contributed by atoms with Crippen LogP contribution in [0.2, 0.25) is 0 Å². The third kappa shape index (κ3) is 3.91. The van der Waals surface area contributed by atoms with Crippen LogP contribution in [-0.2, 0) is 6.54 Å². The molecule has 38 heavy (non-hydrogen) atoms. The minimum Gasteiger partial charge on any atom is -0.398 e. The molecule has 9 heteroatoms. The van der Waals surface area contributed by atoms with Crippen molar-refractivity contribution >= 4 is 59.9 Å². The number of piperazine rings is 1. The van der Waals surface area contributed by atoms with Crippen molar-refractivity contribution in [3.63, 3.8) is 0 Å². The number of para-hydroxylation sites is 1. The lowest BCUT2D eigenvalue weighted by Crippen LogP contribution is -2.45. The highest BCUT2D eigenvalue weighted by Crippen LogP contribution is 2.36. The molecule has 0 aliphatic carbocycles. The van der Waals surface area contributed by atoms with Crippen molar-refractivity contribution in [2.75, 3.05) is 49.6 Å². The summed E-state index contributed by atoms with van der Waals surface area (Å²) in [6, 6.07) is 20.7. The summed E-state index contributed by atoms with van der Waals surface area (Å²) in [5, 5.41) is 9.01. The second-order valence-corrected chi connectivity index (χ2v) is 11.1. The van der Waals surface area contributed by atoms with E-state index in [1.165, 1.54) is 0 Å². The molecule has 0 spiro atoms. The molecular formula is C29H28N8S. The van der Waals surface area contributed by atoms with E-state index in [9.17, 15) is 0 Å². The Morgan fingerprint density at radius 2 is 1.76 bits per heavy atom. The third-order valence-electron chi connectivity index (χ3n) is 7.38. The van der Waals surface area contributed by atoms with E-state index in [-0.39, 0.29) is 0 Å². The number of likely N-dealkylation sites (N-methyl/N-ethyl adjacent to an activating group) is 1. The number of aromatic nitrogens is 4. The first-order chi connectivity index (χ1) is 18.5. The van der Waals surface area contributed by atoms with Crippen LogP contribution in [0.3, 0.4) is 0 Å². The number of pyridine rings is 2. The Bertz CT molecular complexity index is 1810. The van der Waals surface area contributed by atoms with Crippen LogP contribution in [0.4, 0.5) is 16.5 Å². The lowest BCUT2D eigenvalue weighted by atomic mass is 10.1. The van der Waals surface area contributed by atoms with Gasteiger partial charge in [0.25, 0.3) is 0 Å². The molecule has 0 bridgehead atoms. The third-order valence-corrected chi connectivity index (χ3v) is 8.31. The highest BCUT2D eigenvalue weighted by atomic mass is 32.1. The van der Waals surface area contributed by atoms with Gasteiger partial charge in [0.15, 0.2) is 5.65 Å². The fourth-order valence-corrected chi connectivity index (χ4v) is 6.22. The van der Waals surface area contributed by atoms with Crippen LogP contribution < -0.4 is 16.4 Å². The molecule has 1 fully saturated rings. The van der Waals surface area contributed by atoms with Gasteiger partial charge < -0.3 is 21.3 Å². The summed E-state index contributed by atoms with van der Waals surface area (Å²) in [6.07, 6.45) is 1.75. The standard InChI is InChI=1S/C29H28N8S/c1-35-10-12-36(13-11-35)28-21(14-18-4-2-3-5-23(18)33-28)17-37-29-26(22(30)8-9-32-29)27(34-37)20-7-6-19-16-25(31)38-24(19)15-20/h2-9,14-16H,10-13,17,31H2,1H3,(H2,30,32). The Morgan fingerprint density at radius 1 is 0.921 bits per heavy atom. The molecule has 2 aromatic carbocycles. The van der Waals surface area contributed by atoms with Gasteiger partial charge in [-0.25, -0.2) is 14.6 Å². The van der Waals surface area contributed by atoms with Crippen molar-refractivity contribution in [1.29, 1.82) is 0 Å². The zero-order valence-electron chi connectivity index (χ0n) is 21.1. The van der Waals surface area contributed by atoms with Crippen LogP contribution in [0.15, 0.2) is 66.9 Å². The van der Waals surface area contributed by atoms with Gasteiger partial charge in [-0.15, -0.1) is 11.3 Å². The van der Waals surface area contributed by atoms with Crippen LogP contribution in [0.25, 0.3) is 43.3 Å². The first-order valence-corrected chi connectivity index (χ1v) is 13.6. The summed E-state index contributed by atoms with van der Waals surface area (Å²) in [5.41, 5.74) is 18.0. The number of hydrogen-bond acceptors (Lipinski definition) is 8. The largest absolute Gasteiger partial charge is 0.398 e. The molecule has 1 aliphatic heterocycles. The molecule has 5 heterocycles. The molecule has 190 valence electrons. The lowest BCUT2D eigenvalue weighted by Gasteiger charge is -2.34. The van der Waals surface area contributed by atoms with E-state index >= 15 is 0 Å². The molecular weight excluding hydrogens is 492 g/mol. The number of rotatable bonds is 4. The lowest BCUT2D eigenvalue weighted by molar-refractivity contribution is 0.312. The van der Waals surface area contributed by atoms with E-state index in [4.69, 9.17) is 26.5 Å². The normalized spacial score (nSPS) is 14.7. The average Bonchev–Trinajstić information content (AvgIpc) is 3.48. The molecule has 7 rings (SSSR count). The SMILES string of the molecule is CN1CCN(c2nc3ccccc3cc2Cn2nc(-c3ccc4cc(N)sc4c3)c3c(N)ccnc32)CC1. The van der Waals surface area contributed by atoms with Crippen LogP contribution in [-0.4, -0.2) is 57.9 Å². The first-order valence-electron chi connectivity index (χ1n) is 12.8. The number of nitrogens with two attached hydrogens (primary N) is 2. The van der Waals surface area contributed by atoms with Gasteiger partial charge >= 0.3 is 0 Å². The highest BCUT2D eigenvalue weighted by molar-refractivity contribution is 7.22. The number of thiophene rings is 1. The number of nitrogens with zero attached hydrogens (tertiary/aromatic N) is 6. The predicted molar refractivity (Wildman–Crippen MR) is 158 cm³/mol. The van der Waals surface area contributed by atoms with Crippen LogP contribution >= 0.6 is 11.3 Å². The predicted octanol–water partition coefficient (Wildman–Crippen LogP) is 4.83. The number of anilines is 3. The molecule has 1 aliphatic rings. The minimum atomic E-state index is 0.542. The maximum atomic E-state index is 6.52. The second-order valence-electron chi connectivity index (χ2n) is 9.96. The van der Waals surface area contributed by atoms with E-state index in [2.05, 4.69) is 59.3 Å². The van der Waals surface area contributed by atoms with Crippen LogP contribution in [0, 0.1) is 0 Å². The summed E-state index contributed by atoms with van der Waals surface area (Å²) >= 11 is 1.58. The van der Waals surface area contributed by atoms with Crippen LogP contribution in [0.1, 0.15) is 5.56 Å². The van der Waals surface area contributed by atoms with E-state index in [0.29, 0.717) is 12.2 Å². The molecule has 0 amide bonds. The topological polar surface area (TPSA) is 102 Å². The van der Waals surface area contributed by atoms with Crippen LogP contribution in [0.5, 0.6) is 0 Å². The van der Waals surface area contributed by atoms with Gasteiger partial charge in [0.1, 0.15) is 11.5 Å². The molecule has 0 saturated carbocycles. The van der Waals surface area contributed by atoms with E-state index < -0.39 is 0 Å². The summed E-state index contributed by atoms with van der Waals surface area (Å²) in [6.45, 7) is 4.44. The van der Waals surface area contributed by atoms with Gasteiger partial charge in [0.2, 0.25) is 0 Å². The number of fused-ring (bicyclic) bond motifs is 3. The molecule has 0 atom stereocenters. The van der Waals surface area contributed by atoms with E-state index in [1.807, 2.05) is 22.9 Å². The average molecular weight is 521 g/mol. The highest BCUT2D eigenvalue weighted by Gasteiger charge is 2.22. The maximum Gasteiger partial charge on any atom is 0.160 e. The fourth-order valence-electron chi connectivity index (χ4n) is 5.35. The molecule has 4 aromatic heterocycles. The quantitative estimate of drug-likeness (QED) is 0.343. The molecule has 0 unspecified atom stereocenters. The zero-order valence-corrected chi connectivity index (χ0v) is 21.9. The number of hydrogen-bond donors (Lipinski definition) is 2. The fraction of sp³-hybridized carbons (Fsp3) is 0.207. The van der Waals surface area contributed by atoms with Gasteiger partial charge in [0.05, 0.1) is 22.4 Å². The molecule has 8 nitrogen and oxygen atoms in total. The monoisotopic (exact) mass is 520 g/mol. The van der Waals surface area contributed by atoms with Gasteiger partial charge in [-0.1, -0.05) is 30.3 Å². The Hall–Kier alpha value is -4.21. The summed E-state index contributed by atoms with van der Waals surface area (Å²) in [7, 11) is 2.17. The van der Waals surface area contributed by atoms with Crippen molar-refractivity contribution in [2.45, 2.75) is 6.54 Å². The van der Waals surface area contributed by atoms with Crippen molar-refractivity contribution < 1.29 is 0 Å². The molecule has 6 aromatic rings. The second kappa shape index (κ2) is 8.97. The summed E-state index contributed by atoms with van der Waals surface area (Å²) < 4.78 is 3.10. The summed E-state index contributed by atoms with van der Waals surface area (Å²) in [4.78, 5) is 14.6. The van der Waals surface area contributed by atoms with Gasteiger partial charge in [-0.05, 0) is 42.8 Å². The van der Waals surface area contributed by atoms with E-state index in [0.717, 1.165) is 85.8 Å². The number of nitrogen functional groups attached to an aromatic ring is 2. The maximum absolute atomic E-state index is 6.52. The Kier molecular flexibility index (Phi) is 5.41. The summed E-state index contributed by atoms with van der Waals surface area (Å²) in [5.74, 6) is 1.02. The van der Waals surface area contributed by atoms with Gasteiger partial charge in [-0.3, -0.25) is 0 Å². The molecule has 1 saturated heterocycles. The minimum absolute atomic E-state index is 0.542. The molecule has 0 radical (unpaired) electrons. The van der Waals surface area contributed by atoms with Crippen molar-refractivity contribution in [1.82, 2.24) is 24.6 Å². The number of benzene rings is 2. The Labute approximate surface area is 224 Å².